The number of hydrogen-bond acceptors (Lipinski definition) is 3. The van der Waals surface area contributed by atoms with Crippen LogP contribution in [0.3, 0.4) is 0 Å². The van der Waals surface area contributed by atoms with E-state index in [0.29, 0.717) is 12.1 Å². The SMILES string of the molecule is CCc1c(C)nc2cc(-c3nccn3C)[nH]n2c1=O. The lowest BCUT2D eigenvalue weighted by Crippen LogP contribution is -2.21. The second-order valence-corrected chi connectivity index (χ2v) is 4.56. The molecule has 0 fully saturated rings. The second-order valence-electron chi connectivity index (χ2n) is 4.56. The molecule has 0 aliphatic heterocycles. The van der Waals surface area contributed by atoms with Crippen molar-refractivity contribution in [1.82, 2.24) is 24.1 Å². The molecule has 0 spiro atoms. The van der Waals surface area contributed by atoms with Gasteiger partial charge >= 0.3 is 0 Å². The maximum Gasteiger partial charge on any atom is 0.276 e. The van der Waals surface area contributed by atoms with Crippen LogP contribution in [0.25, 0.3) is 17.2 Å². The Morgan fingerprint density at radius 1 is 1.42 bits per heavy atom. The van der Waals surface area contributed by atoms with Gasteiger partial charge in [-0.25, -0.2) is 14.5 Å². The van der Waals surface area contributed by atoms with Crippen LogP contribution in [-0.4, -0.2) is 24.1 Å². The van der Waals surface area contributed by atoms with E-state index in [1.54, 1.807) is 6.20 Å². The zero-order chi connectivity index (χ0) is 13.6. The summed E-state index contributed by atoms with van der Waals surface area (Å²) in [5.41, 5.74) is 2.90. The average Bonchev–Trinajstić information content (AvgIpc) is 2.95. The minimum Gasteiger partial charge on any atom is -0.333 e. The van der Waals surface area contributed by atoms with Crippen LogP contribution in [0.2, 0.25) is 0 Å². The number of aryl methyl sites for hydroxylation is 2. The van der Waals surface area contributed by atoms with Gasteiger partial charge in [-0.15, -0.1) is 0 Å². The minimum absolute atomic E-state index is 0.0366. The van der Waals surface area contributed by atoms with Crippen LogP contribution in [-0.2, 0) is 13.5 Å². The van der Waals surface area contributed by atoms with Crippen LogP contribution in [0.1, 0.15) is 18.2 Å². The van der Waals surface area contributed by atoms with Crippen molar-refractivity contribution in [3.8, 4) is 11.5 Å². The van der Waals surface area contributed by atoms with Gasteiger partial charge in [0.2, 0.25) is 0 Å². The first-order chi connectivity index (χ1) is 9.11. The first-order valence-corrected chi connectivity index (χ1v) is 6.20. The van der Waals surface area contributed by atoms with Gasteiger partial charge in [0, 0.05) is 36.8 Å². The highest BCUT2D eigenvalue weighted by molar-refractivity contribution is 5.58. The first kappa shape index (κ1) is 11.7. The maximum absolute atomic E-state index is 12.3. The molecule has 0 unspecified atom stereocenters. The molecule has 6 heteroatoms. The van der Waals surface area contributed by atoms with E-state index in [2.05, 4.69) is 15.1 Å². The number of nitrogens with one attached hydrogen (secondary N) is 1. The predicted molar refractivity (Wildman–Crippen MR) is 72.1 cm³/mol. The Labute approximate surface area is 109 Å². The molecule has 3 aromatic rings. The Hall–Kier alpha value is -2.37. The summed E-state index contributed by atoms with van der Waals surface area (Å²) in [6.07, 6.45) is 4.26. The molecule has 0 atom stereocenters. The molecule has 3 heterocycles. The number of rotatable bonds is 2. The lowest BCUT2D eigenvalue weighted by molar-refractivity contribution is 0.845. The summed E-state index contributed by atoms with van der Waals surface area (Å²) in [5.74, 6) is 0.778. The van der Waals surface area contributed by atoms with Crippen LogP contribution >= 0.6 is 0 Å². The summed E-state index contributed by atoms with van der Waals surface area (Å²) < 4.78 is 3.37. The molecule has 0 aromatic carbocycles. The molecule has 0 aliphatic carbocycles. The van der Waals surface area contributed by atoms with Gasteiger partial charge in [-0.3, -0.25) is 9.89 Å². The lowest BCUT2D eigenvalue weighted by atomic mass is 10.2. The largest absolute Gasteiger partial charge is 0.333 e. The van der Waals surface area contributed by atoms with E-state index in [9.17, 15) is 4.79 Å². The molecule has 1 N–H and O–H groups in total. The third kappa shape index (κ3) is 1.68. The van der Waals surface area contributed by atoms with Gasteiger partial charge in [0.25, 0.3) is 5.56 Å². The van der Waals surface area contributed by atoms with E-state index in [0.717, 1.165) is 22.8 Å². The summed E-state index contributed by atoms with van der Waals surface area (Å²) in [6.45, 7) is 3.83. The van der Waals surface area contributed by atoms with Crippen LogP contribution in [0.15, 0.2) is 23.3 Å². The van der Waals surface area contributed by atoms with E-state index in [1.165, 1.54) is 4.52 Å². The van der Waals surface area contributed by atoms with Gasteiger partial charge in [-0.1, -0.05) is 6.92 Å². The van der Waals surface area contributed by atoms with E-state index < -0.39 is 0 Å². The summed E-state index contributed by atoms with van der Waals surface area (Å²) in [6, 6.07) is 1.84. The quantitative estimate of drug-likeness (QED) is 0.752. The number of imidazole rings is 1. The number of aromatic amines is 1. The average molecular weight is 257 g/mol. The third-order valence-electron chi connectivity index (χ3n) is 3.33. The summed E-state index contributed by atoms with van der Waals surface area (Å²) in [4.78, 5) is 21.0. The molecule has 19 heavy (non-hydrogen) atoms. The minimum atomic E-state index is -0.0366. The van der Waals surface area contributed by atoms with Crippen molar-refractivity contribution >= 4 is 5.65 Å². The molecular weight excluding hydrogens is 242 g/mol. The second kappa shape index (κ2) is 4.08. The van der Waals surface area contributed by atoms with Crippen molar-refractivity contribution in [2.75, 3.05) is 0 Å². The molecular formula is C13H15N5O. The van der Waals surface area contributed by atoms with Gasteiger partial charge in [-0.2, -0.15) is 0 Å². The highest BCUT2D eigenvalue weighted by atomic mass is 16.1. The molecule has 0 saturated heterocycles. The number of hydrogen-bond donors (Lipinski definition) is 1. The Morgan fingerprint density at radius 2 is 2.21 bits per heavy atom. The molecule has 0 saturated carbocycles. The van der Waals surface area contributed by atoms with Crippen molar-refractivity contribution in [2.24, 2.45) is 7.05 Å². The van der Waals surface area contributed by atoms with E-state index in [1.807, 2.05) is 37.7 Å². The molecule has 0 radical (unpaired) electrons. The Bertz CT molecular complexity index is 808. The molecule has 0 amide bonds. The van der Waals surface area contributed by atoms with Gasteiger partial charge in [0.1, 0.15) is 5.69 Å². The fraction of sp³-hybridized carbons (Fsp3) is 0.308. The molecule has 3 aromatic heterocycles. The van der Waals surface area contributed by atoms with Crippen molar-refractivity contribution in [3.63, 3.8) is 0 Å². The number of nitrogens with zero attached hydrogens (tertiary/aromatic N) is 4. The van der Waals surface area contributed by atoms with Crippen molar-refractivity contribution in [2.45, 2.75) is 20.3 Å². The third-order valence-corrected chi connectivity index (χ3v) is 3.33. The van der Waals surface area contributed by atoms with Crippen LogP contribution in [0, 0.1) is 6.92 Å². The molecule has 3 rings (SSSR count). The van der Waals surface area contributed by atoms with Crippen LogP contribution in [0.4, 0.5) is 0 Å². The number of aromatic nitrogens is 5. The molecule has 0 bridgehead atoms. The van der Waals surface area contributed by atoms with Crippen LogP contribution in [0.5, 0.6) is 0 Å². The zero-order valence-corrected chi connectivity index (χ0v) is 11.1. The highest BCUT2D eigenvalue weighted by Gasteiger charge is 2.13. The van der Waals surface area contributed by atoms with Crippen molar-refractivity contribution < 1.29 is 0 Å². The maximum atomic E-state index is 12.3. The van der Waals surface area contributed by atoms with E-state index in [4.69, 9.17) is 0 Å². The summed E-state index contributed by atoms with van der Waals surface area (Å²) in [5, 5.41) is 3.07. The highest BCUT2D eigenvalue weighted by Crippen LogP contribution is 2.16. The van der Waals surface area contributed by atoms with E-state index in [-0.39, 0.29) is 5.56 Å². The Balaban J connectivity index is 2.30. The topological polar surface area (TPSA) is 68.0 Å². The molecule has 0 aliphatic rings. The van der Waals surface area contributed by atoms with Crippen LogP contribution < -0.4 is 5.56 Å². The number of fused-ring (bicyclic) bond motifs is 1. The molecule has 6 nitrogen and oxygen atoms in total. The fourth-order valence-corrected chi connectivity index (χ4v) is 2.32. The van der Waals surface area contributed by atoms with Gasteiger partial charge in [0.15, 0.2) is 11.5 Å². The smallest absolute Gasteiger partial charge is 0.276 e. The normalized spacial score (nSPS) is 11.3. The van der Waals surface area contributed by atoms with Gasteiger partial charge in [0.05, 0.1) is 0 Å². The van der Waals surface area contributed by atoms with Gasteiger partial charge < -0.3 is 4.57 Å². The Morgan fingerprint density at radius 3 is 2.84 bits per heavy atom. The van der Waals surface area contributed by atoms with Gasteiger partial charge in [-0.05, 0) is 13.3 Å². The summed E-state index contributed by atoms with van der Waals surface area (Å²) in [7, 11) is 1.91. The Kier molecular flexibility index (Phi) is 2.51. The lowest BCUT2D eigenvalue weighted by Gasteiger charge is -2.01. The standard InChI is InChI=1S/C13H15N5O/c1-4-9-8(2)15-11-7-10(16-18(11)13(9)19)12-14-5-6-17(12)3/h5-7,16H,4H2,1-3H3. The zero-order valence-electron chi connectivity index (χ0n) is 11.1. The van der Waals surface area contributed by atoms with E-state index >= 15 is 0 Å². The van der Waals surface area contributed by atoms with Crippen molar-refractivity contribution in [3.05, 3.63) is 40.1 Å². The fourth-order valence-electron chi connectivity index (χ4n) is 2.32. The predicted octanol–water partition coefficient (Wildman–Crippen LogP) is 1.29. The monoisotopic (exact) mass is 257 g/mol. The molecule has 98 valence electrons. The summed E-state index contributed by atoms with van der Waals surface area (Å²) >= 11 is 0. The van der Waals surface area contributed by atoms with Crippen molar-refractivity contribution in [1.29, 1.82) is 0 Å². The first-order valence-electron chi connectivity index (χ1n) is 6.20. The number of H-pyrrole nitrogens is 1.